The van der Waals surface area contributed by atoms with Crippen LogP contribution in [-0.2, 0) is 26.6 Å². The Hall–Kier alpha value is -3.61. The van der Waals surface area contributed by atoms with Crippen LogP contribution in [0.2, 0.25) is 0 Å². The number of imidazole rings is 1. The first-order valence-corrected chi connectivity index (χ1v) is 11.5. The molecule has 0 radical (unpaired) electrons. The highest BCUT2D eigenvalue weighted by molar-refractivity contribution is 5.77. The minimum atomic E-state index is -0.351. The van der Waals surface area contributed by atoms with Crippen LogP contribution >= 0.6 is 0 Å². The van der Waals surface area contributed by atoms with Crippen LogP contribution < -0.4 is 16.1 Å². The molecular formula is C26H29N5O2. The topological polar surface area (TPSA) is 65.1 Å². The fourth-order valence-electron chi connectivity index (χ4n) is 4.77. The van der Waals surface area contributed by atoms with Gasteiger partial charge in [-0.05, 0) is 42.5 Å². The first-order chi connectivity index (χ1) is 15.9. The number of rotatable bonds is 4. The van der Waals surface area contributed by atoms with Crippen LogP contribution in [0, 0.1) is 12.8 Å². The van der Waals surface area contributed by atoms with Crippen molar-refractivity contribution in [3.05, 3.63) is 86.1 Å². The van der Waals surface area contributed by atoms with Crippen molar-refractivity contribution < 1.29 is 0 Å². The second kappa shape index (κ2) is 8.06. The summed E-state index contributed by atoms with van der Waals surface area (Å²) in [5.74, 6) is 1.04. The minimum Gasteiger partial charge on any atom is -0.312 e. The van der Waals surface area contributed by atoms with Gasteiger partial charge in [-0.3, -0.25) is 13.9 Å². The van der Waals surface area contributed by atoms with Gasteiger partial charge in [-0.2, -0.15) is 4.98 Å². The molecule has 5 rings (SSSR count). The van der Waals surface area contributed by atoms with Crippen molar-refractivity contribution in [1.29, 1.82) is 0 Å². The highest BCUT2D eigenvalue weighted by atomic mass is 16.2. The van der Waals surface area contributed by atoms with E-state index in [4.69, 9.17) is 4.98 Å². The maximum Gasteiger partial charge on any atom is 0.332 e. The first-order valence-electron chi connectivity index (χ1n) is 11.5. The number of hydrogen-bond donors (Lipinski definition) is 0. The molecule has 1 aliphatic heterocycles. The summed E-state index contributed by atoms with van der Waals surface area (Å²) < 4.78 is 4.82. The van der Waals surface area contributed by atoms with Crippen molar-refractivity contribution >= 4 is 22.8 Å². The summed E-state index contributed by atoms with van der Waals surface area (Å²) in [6, 6.07) is 16.4. The normalized spacial score (nSPS) is 15.8. The summed E-state index contributed by atoms with van der Waals surface area (Å²) >= 11 is 0. The molecule has 0 saturated heterocycles. The molecule has 0 spiro atoms. The van der Waals surface area contributed by atoms with Crippen molar-refractivity contribution in [2.24, 2.45) is 13.0 Å². The Morgan fingerprint density at radius 3 is 2.48 bits per heavy atom. The van der Waals surface area contributed by atoms with Gasteiger partial charge in [-0.1, -0.05) is 55.8 Å². The van der Waals surface area contributed by atoms with Gasteiger partial charge in [0.1, 0.15) is 0 Å². The zero-order chi connectivity index (χ0) is 23.3. The number of anilines is 2. The third-order valence-electron chi connectivity index (χ3n) is 6.52. The zero-order valence-corrected chi connectivity index (χ0v) is 19.6. The molecular weight excluding hydrogens is 414 g/mol. The summed E-state index contributed by atoms with van der Waals surface area (Å²) in [5.41, 5.74) is 4.63. The van der Waals surface area contributed by atoms with Crippen LogP contribution in [0.5, 0.6) is 0 Å². The van der Waals surface area contributed by atoms with Gasteiger partial charge in [0.05, 0.1) is 6.54 Å². The lowest BCUT2D eigenvalue weighted by molar-refractivity contribution is 0.458. The monoisotopic (exact) mass is 443 g/mol. The van der Waals surface area contributed by atoms with Crippen LogP contribution in [0.4, 0.5) is 11.6 Å². The molecule has 0 amide bonds. The largest absolute Gasteiger partial charge is 0.332 e. The molecule has 0 fully saturated rings. The Kier molecular flexibility index (Phi) is 5.19. The van der Waals surface area contributed by atoms with Crippen molar-refractivity contribution in [2.75, 3.05) is 11.4 Å². The molecule has 3 heterocycles. The van der Waals surface area contributed by atoms with Gasteiger partial charge in [-0.15, -0.1) is 0 Å². The average Bonchev–Trinajstić information content (AvgIpc) is 3.19. The Morgan fingerprint density at radius 2 is 1.79 bits per heavy atom. The summed E-state index contributed by atoms with van der Waals surface area (Å²) in [5, 5.41) is 0. The predicted octanol–water partition coefficient (Wildman–Crippen LogP) is 3.60. The lowest BCUT2D eigenvalue weighted by Crippen LogP contribution is -2.40. The molecule has 2 aromatic carbocycles. The molecule has 1 aliphatic rings. The Bertz CT molecular complexity index is 1460. The van der Waals surface area contributed by atoms with Gasteiger partial charge >= 0.3 is 5.69 Å². The van der Waals surface area contributed by atoms with E-state index in [0.717, 1.165) is 29.8 Å². The van der Waals surface area contributed by atoms with E-state index in [2.05, 4.69) is 43.0 Å². The number of aromatic nitrogens is 4. The third kappa shape index (κ3) is 3.57. The van der Waals surface area contributed by atoms with Crippen LogP contribution in [0.25, 0.3) is 11.2 Å². The minimum absolute atomic E-state index is 0.237. The van der Waals surface area contributed by atoms with E-state index in [1.807, 2.05) is 35.8 Å². The number of benzene rings is 2. The van der Waals surface area contributed by atoms with E-state index in [1.54, 1.807) is 7.05 Å². The van der Waals surface area contributed by atoms with E-state index < -0.39 is 0 Å². The van der Waals surface area contributed by atoms with E-state index in [0.29, 0.717) is 29.6 Å². The quantitative estimate of drug-likeness (QED) is 0.483. The third-order valence-corrected chi connectivity index (χ3v) is 6.52. The lowest BCUT2D eigenvalue weighted by Gasteiger charge is -2.33. The zero-order valence-electron chi connectivity index (χ0n) is 19.6. The molecule has 0 unspecified atom stereocenters. The maximum absolute atomic E-state index is 13.6. The molecule has 0 N–H and O–H groups in total. The summed E-state index contributed by atoms with van der Waals surface area (Å²) in [4.78, 5) is 33.7. The van der Waals surface area contributed by atoms with Crippen LogP contribution in [0.3, 0.4) is 0 Å². The molecule has 0 aliphatic carbocycles. The summed E-state index contributed by atoms with van der Waals surface area (Å²) in [6.45, 7) is 8.05. The highest BCUT2D eigenvalue weighted by Crippen LogP contribution is 2.33. The average molecular weight is 444 g/mol. The number of hydrogen-bond acceptors (Lipinski definition) is 4. The molecule has 7 heteroatoms. The van der Waals surface area contributed by atoms with Gasteiger partial charge in [0.25, 0.3) is 5.56 Å². The molecule has 170 valence electrons. The van der Waals surface area contributed by atoms with Crippen LogP contribution in [-0.4, -0.2) is 25.2 Å². The molecule has 0 saturated carbocycles. The lowest BCUT2D eigenvalue weighted by atomic mass is 10.1. The van der Waals surface area contributed by atoms with Crippen molar-refractivity contribution in [3.8, 4) is 0 Å². The molecule has 7 nitrogen and oxygen atoms in total. The Labute approximate surface area is 192 Å². The van der Waals surface area contributed by atoms with Crippen molar-refractivity contribution in [2.45, 2.75) is 40.3 Å². The van der Waals surface area contributed by atoms with Crippen LogP contribution in [0.1, 0.15) is 30.5 Å². The fraction of sp³-hybridized carbons (Fsp3) is 0.346. The smallest absolute Gasteiger partial charge is 0.312 e. The predicted molar refractivity (Wildman–Crippen MR) is 132 cm³/mol. The number of fused-ring (bicyclic) bond motifs is 3. The van der Waals surface area contributed by atoms with E-state index in [-0.39, 0.29) is 17.8 Å². The second-order valence-electron chi connectivity index (χ2n) is 9.15. The first kappa shape index (κ1) is 21.2. The molecule has 1 atom stereocenters. The Morgan fingerprint density at radius 1 is 1.03 bits per heavy atom. The fourth-order valence-corrected chi connectivity index (χ4v) is 4.77. The molecule has 0 bridgehead atoms. The second-order valence-corrected chi connectivity index (χ2v) is 9.15. The van der Waals surface area contributed by atoms with E-state index in [1.165, 1.54) is 14.7 Å². The van der Waals surface area contributed by atoms with Gasteiger partial charge < -0.3 is 9.47 Å². The summed E-state index contributed by atoms with van der Waals surface area (Å²) in [6.07, 6.45) is 0.984. The molecule has 33 heavy (non-hydrogen) atoms. The number of aryl methyl sites for hydroxylation is 3. The highest BCUT2D eigenvalue weighted by Gasteiger charge is 2.29. The standard InChI is InChI=1S/C26H29N5O2/c1-5-19-9-11-21(12-10-19)29-14-18(3)15-30-22-23(27-25(29)30)28(4)26(33)31(24(22)32)16-20-8-6-7-17(2)13-20/h6-13,18H,5,14-16H2,1-4H3/t18-/m0/s1. The van der Waals surface area contributed by atoms with Crippen molar-refractivity contribution in [3.63, 3.8) is 0 Å². The van der Waals surface area contributed by atoms with Crippen molar-refractivity contribution in [1.82, 2.24) is 18.7 Å². The van der Waals surface area contributed by atoms with E-state index >= 15 is 0 Å². The maximum atomic E-state index is 13.6. The van der Waals surface area contributed by atoms with Gasteiger partial charge in [0.15, 0.2) is 11.2 Å². The number of nitrogens with zero attached hydrogens (tertiary/aromatic N) is 5. The van der Waals surface area contributed by atoms with E-state index in [9.17, 15) is 9.59 Å². The van der Waals surface area contributed by atoms with Gasteiger partial charge in [-0.25, -0.2) is 4.79 Å². The molecule has 4 aromatic rings. The summed E-state index contributed by atoms with van der Waals surface area (Å²) in [7, 11) is 1.69. The van der Waals surface area contributed by atoms with Crippen LogP contribution in [0.15, 0.2) is 58.1 Å². The SMILES string of the molecule is CCc1ccc(N2C[C@H](C)Cn3c2nc2c3c(=O)n(Cc3cccc(C)c3)c(=O)n2C)cc1. The van der Waals surface area contributed by atoms with Gasteiger partial charge in [0.2, 0.25) is 5.95 Å². The Balaban J connectivity index is 1.69. The molecule has 2 aromatic heterocycles. The van der Waals surface area contributed by atoms with Gasteiger partial charge in [0, 0.05) is 25.8 Å².